The van der Waals surface area contributed by atoms with Crippen molar-refractivity contribution in [2.24, 2.45) is 5.73 Å². The smallest absolute Gasteiger partial charge is 0.129 e. The molecule has 0 saturated heterocycles. The van der Waals surface area contributed by atoms with Gasteiger partial charge in [0.2, 0.25) is 0 Å². The SMILES string of the molecule is CC(C)(N)c1nc2ccccc2n1Cc1cccc(F)c1. The van der Waals surface area contributed by atoms with Gasteiger partial charge in [0.1, 0.15) is 11.6 Å². The second-order valence-electron chi connectivity index (χ2n) is 5.86. The van der Waals surface area contributed by atoms with Crippen molar-refractivity contribution in [1.29, 1.82) is 0 Å². The quantitative estimate of drug-likeness (QED) is 0.800. The summed E-state index contributed by atoms with van der Waals surface area (Å²) in [5.74, 6) is 0.568. The summed E-state index contributed by atoms with van der Waals surface area (Å²) in [4.78, 5) is 4.65. The Bertz CT molecular complexity index is 784. The van der Waals surface area contributed by atoms with E-state index in [1.54, 1.807) is 12.1 Å². The van der Waals surface area contributed by atoms with Crippen LogP contribution in [0.15, 0.2) is 48.5 Å². The Labute approximate surface area is 123 Å². The van der Waals surface area contributed by atoms with E-state index in [9.17, 15) is 4.39 Å². The maximum Gasteiger partial charge on any atom is 0.129 e. The summed E-state index contributed by atoms with van der Waals surface area (Å²) >= 11 is 0. The van der Waals surface area contributed by atoms with Crippen LogP contribution in [0.4, 0.5) is 4.39 Å². The number of halogens is 1. The van der Waals surface area contributed by atoms with Crippen molar-refractivity contribution in [3.05, 3.63) is 65.7 Å². The third-order valence-electron chi connectivity index (χ3n) is 3.46. The molecular weight excluding hydrogens is 265 g/mol. The first-order chi connectivity index (χ1) is 9.95. The van der Waals surface area contributed by atoms with Crippen LogP contribution in [0.2, 0.25) is 0 Å². The number of nitrogens with zero attached hydrogens (tertiary/aromatic N) is 2. The van der Waals surface area contributed by atoms with E-state index in [4.69, 9.17) is 5.73 Å². The normalized spacial score (nSPS) is 12.0. The molecular formula is C17H18FN3. The van der Waals surface area contributed by atoms with Crippen LogP contribution in [0.25, 0.3) is 11.0 Å². The lowest BCUT2D eigenvalue weighted by Crippen LogP contribution is -2.32. The number of fused-ring (bicyclic) bond motifs is 1. The molecule has 0 radical (unpaired) electrons. The number of hydrogen-bond donors (Lipinski definition) is 1. The average Bonchev–Trinajstić information content (AvgIpc) is 2.78. The Hall–Kier alpha value is -2.20. The zero-order valence-electron chi connectivity index (χ0n) is 12.2. The Morgan fingerprint density at radius 1 is 1.14 bits per heavy atom. The Balaban J connectivity index is 2.15. The number of imidazole rings is 1. The van der Waals surface area contributed by atoms with E-state index >= 15 is 0 Å². The molecule has 1 heterocycles. The van der Waals surface area contributed by atoms with Crippen LogP contribution in [0.1, 0.15) is 25.2 Å². The molecule has 0 spiro atoms. The second-order valence-corrected chi connectivity index (χ2v) is 5.86. The maximum atomic E-state index is 13.4. The molecule has 3 rings (SSSR count). The van der Waals surface area contributed by atoms with Crippen LogP contribution >= 0.6 is 0 Å². The van der Waals surface area contributed by atoms with E-state index in [0.717, 1.165) is 22.4 Å². The fourth-order valence-electron chi connectivity index (χ4n) is 2.55. The van der Waals surface area contributed by atoms with E-state index < -0.39 is 5.54 Å². The minimum Gasteiger partial charge on any atom is -0.322 e. The summed E-state index contributed by atoms with van der Waals surface area (Å²) in [5.41, 5.74) is 8.49. The molecule has 4 heteroatoms. The molecule has 0 aliphatic heterocycles. The number of rotatable bonds is 3. The first-order valence-electron chi connectivity index (χ1n) is 6.94. The van der Waals surface area contributed by atoms with Crippen molar-refractivity contribution in [2.75, 3.05) is 0 Å². The summed E-state index contributed by atoms with van der Waals surface area (Å²) in [7, 11) is 0. The van der Waals surface area contributed by atoms with Gasteiger partial charge in [0.25, 0.3) is 0 Å². The van der Waals surface area contributed by atoms with E-state index in [0.29, 0.717) is 6.54 Å². The molecule has 2 aromatic carbocycles. The summed E-state index contributed by atoms with van der Waals surface area (Å²) in [6.07, 6.45) is 0. The molecule has 108 valence electrons. The monoisotopic (exact) mass is 283 g/mol. The fraction of sp³-hybridized carbons (Fsp3) is 0.235. The Morgan fingerprint density at radius 2 is 1.90 bits per heavy atom. The molecule has 0 atom stereocenters. The van der Waals surface area contributed by atoms with Crippen molar-refractivity contribution in [3.8, 4) is 0 Å². The van der Waals surface area contributed by atoms with Crippen LogP contribution < -0.4 is 5.73 Å². The number of hydrogen-bond acceptors (Lipinski definition) is 2. The highest BCUT2D eigenvalue weighted by Crippen LogP contribution is 2.24. The van der Waals surface area contributed by atoms with Crippen LogP contribution in [0.3, 0.4) is 0 Å². The molecule has 0 aliphatic rings. The zero-order valence-corrected chi connectivity index (χ0v) is 12.2. The maximum absolute atomic E-state index is 13.4. The van der Waals surface area contributed by atoms with Gasteiger partial charge < -0.3 is 10.3 Å². The van der Waals surface area contributed by atoms with E-state index in [2.05, 4.69) is 9.55 Å². The van der Waals surface area contributed by atoms with Gasteiger partial charge in [0.05, 0.1) is 16.6 Å². The predicted octanol–water partition coefficient (Wildman–Crippen LogP) is 3.42. The van der Waals surface area contributed by atoms with E-state index in [1.165, 1.54) is 6.07 Å². The molecule has 0 unspecified atom stereocenters. The summed E-state index contributed by atoms with van der Waals surface area (Å²) in [5, 5.41) is 0. The molecule has 0 fully saturated rings. The number of benzene rings is 2. The summed E-state index contributed by atoms with van der Waals surface area (Å²) in [6, 6.07) is 14.5. The van der Waals surface area contributed by atoms with Crippen LogP contribution in [0, 0.1) is 5.82 Å². The minimum atomic E-state index is -0.563. The van der Waals surface area contributed by atoms with Gasteiger partial charge in [-0.2, -0.15) is 0 Å². The predicted molar refractivity (Wildman–Crippen MR) is 82.4 cm³/mol. The first-order valence-corrected chi connectivity index (χ1v) is 6.94. The number of para-hydroxylation sites is 2. The van der Waals surface area contributed by atoms with Crippen molar-refractivity contribution in [2.45, 2.75) is 25.9 Å². The van der Waals surface area contributed by atoms with Crippen molar-refractivity contribution >= 4 is 11.0 Å². The van der Waals surface area contributed by atoms with Crippen LogP contribution in [-0.2, 0) is 12.1 Å². The highest BCUT2D eigenvalue weighted by Gasteiger charge is 2.23. The Morgan fingerprint density at radius 3 is 2.62 bits per heavy atom. The topological polar surface area (TPSA) is 43.8 Å². The summed E-state index contributed by atoms with van der Waals surface area (Å²) in [6.45, 7) is 4.40. The molecule has 0 amide bonds. The van der Waals surface area contributed by atoms with Crippen molar-refractivity contribution in [1.82, 2.24) is 9.55 Å². The van der Waals surface area contributed by atoms with Crippen LogP contribution in [-0.4, -0.2) is 9.55 Å². The van der Waals surface area contributed by atoms with E-state index in [1.807, 2.05) is 44.2 Å². The largest absolute Gasteiger partial charge is 0.322 e. The molecule has 21 heavy (non-hydrogen) atoms. The lowest BCUT2D eigenvalue weighted by Gasteiger charge is -2.20. The minimum absolute atomic E-state index is 0.231. The van der Waals surface area contributed by atoms with Gasteiger partial charge in [0, 0.05) is 6.54 Å². The lowest BCUT2D eigenvalue weighted by atomic mass is 10.1. The van der Waals surface area contributed by atoms with Crippen molar-refractivity contribution < 1.29 is 4.39 Å². The number of nitrogens with two attached hydrogens (primary N) is 1. The Kier molecular flexibility index (Phi) is 3.26. The zero-order chi connectivity index (χ0) is 15.0. The molecule has 3 nitrogen and oxygen atoms in total. The van der Waals surface area contributed by atoms with Gasteiger partial charge in [-0.15, -0.1) is 0 Å². The lowest BCUT2D eigenvalue weighted by molar-refractivity contribution is 0.489. The van der Waals surface area contributed by atoms with Gasteiger partial charge in [-0.05, 0) is 43.7 Å². The molecule has 2 N–H and O–H groups in total. The van der Waals surface area contributed by atoms with Gasteiger partial charge in [-0.1, -0.05) is 24.3 Å². The molecule has 0 saturated carbocycles. The molecule has 0 aliphatic carbocycles. The van der Waals surface area contributed by atoms with Gasteiger partial charge >= 0.3 is 0 Å². The second kappa shape index (κ2) is 4.97. The van der Waals surface area contributed by atoms with Gasteiger partial charge in [-0.25, -0.2) is 9.37 Å². The molecule has 0 bridgehead atoms. The van der Waals surface area contributed by atoms with Gasteiger partial charge in [-0.3, -0.25) is 0 Å². The van der Waals surface area contributed by atoms with Crippen LogP contribution in [0.5, 0.6) is 0 Å². The van der Waals surface area contributed by atoms with Gasteiger partial charge in [0.15, 0.2) is 0 Å². The third-order valence-corrected chi connectivity index (χ3v) is 3.46. The molecule has 3 aromatic rings. The number of aromatic nitrogens is 2. The average molecular weight is 283 g/mol. The molecule has 1 aromatic heterocycles. The fourth-order valence-corrected chi connectivity index (χ4v) is 2.55. The van der Waals surface area contributed by atoms with Crippen molar-refractivity contribution in [3.63, 3.8) is 0 Å². The summed E-state index contributed by atoms with van der Waals surface area (Å²) < 4.78 is 15.5. The highest BCUT2D eigenvalue weighted by molar-refractivity contribution is 5.76. The third kappa shape index (κ3) is 2.67. The standard InChI is InChI=1S/C17H18FN3/c1-17(2,19)16-20-14-8-3-4-9-15(14)21(16)11-12-6-5-7-13(18)10-12/h3-10H,11,19H2,1-2H3. The highest BCUT2D eigenvalue weighted by atomic mass is 19.1. The van der Waals surface area contributed by atoms with E-state index in [-0.39, 0.29) is 5.82 Å². The first kappa shape index (κ1) is 13.8.